The number of nitrogens with one attached hydrogen (secondary N) is 1. The van der Waals surface area contributed by atoms with Crippen molar-refractivity contribution in [2.24, 2.45) is 0 Å². The van der Waals surface area contributed by atoms with Crippen molar-refractivity contribution >= 4 is 11.4 Å². The summed E-state index contributed by atoms with van der Waals surface area (Å²) in [7, 11) is 4.08. The molecule has 4 nitrogen and oxygen atoms in total. The number of nitrogens with zero attached hydrogens (tertiary/aromatic N) is 1. The fourth-order valence-electron chi connectivity index (χ4n) is 2.15. The molecule has 0 bridgehead atoms. The fourth-order valence-corrected chi connectivity index (χ4v) is 2.15. The molecule has 20 heavy (non-hydrogen) atoms. The minimum Gasteiger partial charge on any atom is -0.454 e. The molecule has 1 aliphatic rings. The predicted octanol–water partition coefficient (Wildman–Crippen LogP) is 3.09. The lowest BCUT2D eigenvalue weighted by Crippen LogP contribution is -2.09. The second-order valence-electron chi connectivity index (χ2n) is 4.99. The normalized spacial score (nSPS) is 12.3. The third-order valence-corrected chi connectivity index (χ3v) is 3.30. The first-order valence-electron chi connectivity index (χ1n) is 6.62. The summed E-state index contributed by atoms with van der Waals surface area (Å²) in [5.74, 6) is 1.65. The lowest BCUT2D eigenvalue weighted by Gasteiger charge is -2.14. The van der Waals surface area contributed by atoms with Gasteiger partial charge in [0.2, 0.25) is 6.79 Å². The molecule has 1 N–H and O–H groups in total. The quantitative estimate of drug-likeness (QED) is 0.925. The molecule has 0 unspecified atom stereocenters. The molecule has 0 fully saturated rings. The molecule has 0 saturated heterocycles. The van der Waals surface area contributed by atoms with Crippen molar-refractivity contribution in [2.75, 3.05) is 31.1 Å². The van der Waals surface area contributed by atoms with Gasteiger partial charge < -0.3 is 19.7 Å². The zero-order chi connectivity index (χ0) is 13.9. The molecule has 104 valence electrons. The molecule has 0 spiro atoms. The van der Waals surface area contributed by atoms with Crippen molar-refractivity contribution in [1.29, 1.82) is 0 Å². The van der Waals surface area contributed by atoms with Gasteiger partial charge in [-0.1, -0.05) is 12.1 Å². The highest BCUT2D eigenvalue weighted by molar-refractivity contribution is 5.57. The van der Waals surface area contributed by atoms with Crippen LogP contribution in [0.3, 0.4) is 0 Å². The van der Waals surface area contributed by atoms with Gasteiger partial charge in [0, 0.05) is 32.0 Å². The van der Waals surface area contributed by atoms with E-state index in [0.717, 1.165) is 23.7 Å². The van der Waals surface area contributed by atoms with Gasteiger partial charge in [-0.2, -0.15) is 0 Å². The third-order valence-electron chi connectivity index (χ3n) is 3.30. The summed E-state index contributed by atoms with van der Waals surface area (Å²) in [6.45, 7) is 1.07. The smallest absolute Gasteiger partial charge is 0.231 e. The van der Waals surface area contributed by atoms with Gasteiger partial charge >= 0.3 is 0 Å². The number of rotatable bonds is 4. The summed E-state index contributed by atoms with van der Waals surface area (Å²) in [4.78, 5) is 2.09. The first-order valence-corrected chi connectivity index (χ1v) is 6.62. The topological polar surface area (TPSA) is 33.7 Å². The monoisotopic (exact) mass is 270 g/mol. The van der Waals surface area contributed by atoms with E-state index in [1.807, 2.05) is 26.2 Å². The van der Waals surface area contributed by atoms with Crippen LogP contribution in [0.1, 0.15) is 5.56 Å². The van der Waals surface area contributed by atoms with Gasteiger partial charge in [0.25, 0.3) is 0 Å². The lowest BCUT2D eigenvalue weighted by molar-refractivity contribution is 0.174. The standard InChI is InChI=1S/C16H18N2O2/c1-18(2)14-5-3-4-13(9-14)17-10-12-6-7-15-16(8-12)20-11-19-15/h3-9,17H,10-11H2,1-2H3. The third kappa shape index (κ3) is 2.64. The summed E-state index contributed by atoms with van der Waals surface area (Å²) < 4.78 is 10.7. The summed E-state index contributed by atoms with van der Waals surface area (Å²) >= 11 is 0. The maximum atomic E-state index is 5.39. The highest BCUT2D eigenvalue weighted by Crippen LogP contribution is 2.32. The Kier molecular flexibility index (Phi) is 3.37. The second kappa shape index (κ2) is 5.33. The fraction of sp³-hybridized carbons (Fsp3) is 0.250. The van der Waals surface area contributed by atoms with Crippen molar-refractivity contribution < 1.29 is 9.47 Å². The van der Waals surface area contributed by atoms with Crippen LogP contribution in [0, 0.1) is 0 Å². The Morgan fingerprint density at radius 3 is 2.75 bits per heavy atom. The summed E-state index contributed by atoms with van der Waals surface area (Å²) in [6.07, 6.45) is 0. The van der Waals surface area contributed by atoms with E-state index in [9.17, 15) is 0 Å². The SMILES string of the molecule is CN(C)c1cccc(NCc2ccc3c(c2)OCO3)c1. The molecular weight excluding hydrogens is 252 g/mol. The minimum absolute atomic E-state index is 0.317. The number of benzene rings is 2. The van der Waals surface area contributed by atoms with E-state index in [4.69, 9.17) is 9.47 Å². The van der Waals surface area contributed by atoms with Crippen molar-refractivity contribution in [3.8, 4) is 11.5 Å². The zero-order valence-corrected chi connectivity index (χ0v) is 11.7. The Morgan fingerprint density at radius 2 is 1.90 bits per heavy atom. The van der Waals surface area contributed by atoms with Crippen LogP contribution in [0.5, 0.6) is 11.5 Å². The molecule has 0 amide bonds. The Balaban J connectivity index is 1.69. The average molecular weight is 270 g/mol. The van der Waals surface area contributed by atoms with Crippen molar-refractivity contribution in [3.63, 3.8) is 0 Å². The van der Waals surface area contributed by atoms with Gasteiger partial charge in [-0.15, -0.1) is 0 Å². The number of ether oxygens (including phenoxy) is 2. The number of fused-ring (bicyclic) bond motifs is 1. The van der Waals surface area contributed by atoms with Crippen LogP contribution >= 0.6 is 0 Å². The molecule has 0 saturated carbocycles. The largest absolute Gasteiger partial charge is 0.454 e. The van der Waals surface area contributed by atoms with E-state index in [1.54, 1.807) is 0 Å². The van der Waals surface area contributed by atoms with Gasteiger partial charge in [0.1, 0.15) is 0 Å². The Morgan fingerprint density at radius 1 is 1.05 bits per heavy atom. The van der Waals surface area contributed by atoms with Crippen LogP contribution in [0.15, 0.2) is 42.5 Å². The molecule has 2 aromatic rings. The highest BCUT2D eigenvalue weighted by Gasteiger charge is 2.12. The molecule has 1 aliphatic heterocycles. The first-order chi connectivity index (χ1) is 9.72. The number of anilines is 2. The van der Waals surface area contributed by atoms with Crippen LogP contribution in [0.2, 0.25) is 0 Å². The zero-order valence-electron chi connectivity index (χ0n) is 11.7. The number of hydrogen-bond acceptors (Lipinski definition) is 4. The Labute approximate surface area is 118 Å². The molecule has 2 aromatic carbocycles. The second-order valence-corrected chi connectivity index (χ2v) is 4.99. The average Bonchev–Trinajstić information content (AvgIpc) is 2.93. The molecule has 4 heteroatoms. The molecule has 0 radical (unpaired) electrons. The Hall–Kier alpha value is -2.36. The maximum absolute atomic E-state index is 5.39. The first kappa shape index (κ1) is 12.7. The molecule has 0 atom stereocenters. The van der Waals surface area contributed by atoms with Gasteiger partial charge in [-0.3, -0.25) is 0 Å². The summed E-state index contributed by atoms with van der Waals surface area (Å²) in [5, 5.41) is 3.42. The van der Waals surface area contributed by atoms with Crippen LogP contribution in [0.4, 0.5) is 11.4 Å². The van der Waals surface area contributed by atoms with Crippen LogP contribution in [-0.4, -0.2) is 20.9 Å². The summed E-state index contributed by atoms with van der Waals surface area (Å²) in [5.41, 5.74) is 3.46. The van der Waals surface area contributed by atoms with Crippen molar-refractivity contribution in [1.82, 2.24) is 0 Å². The molecule has 3 rings (SSSR count). The number of hydrogen-bond donors (Lipinski definition) is 1. The van der Waals surface area contributed by atoms with Gasteiger partial charge in [-0.25, -0.2) is 0 Å². The predicted molar refractivity (Wildman–Crippen MR) is 80.7 cm³/mol. The lowest BCUT2D eigenvalue weighted by atomic mass is 10.2. The molecule has 1 heterocycles. The van der Waals surface area contributed by atoms with Crippen LogP contribution in [-0.2, 0) is 6.54 Å². The van der Waals surface area contributed by atoms with E-state index in [-0.39, 0.29) is 0 Å². The van der Waals surface area contributed by atoms with E-state index in [2.05, 4.69) is 40.5 Å². The highest BCUT2D eigenvalue weighted by atomic mass is 16.7. The van der Waals surface area contributed by atoms with Gasteiger partial charge in [-0.05, 0) is 35.9 Å². The minimum atomic E-state index is 0.317. The van der Waals surface area contributed by atoms with Gasteiger partial charge in [0.05, 0.1) is 0 Å². The van der Waals surface area contributed by atoms with E-state index >= 15 is 0 Å². The molecule has 0 aliphatic carbocycles. The molecular formula is C16H18N2O2. The molecule has 0 aromatic heterocycles. The summed E-state index contributed by atoms with van der Waals surface area (Å²) in [6, 6.07) is 14.4. The maximum Gasteiger partial charge on any atom is 0.231 e. The van der Waals surface area contributed by atoms with Crippen molar-refractivity contribution in [2.45, 2.75) is 6.54 Å². The van der Waals surface area contributed by atoms with Crippen molar-refractivity contribution in [3.05, 3.63) is 48.0 Å². The van der Waals surface area contributed by atoms with Crippen LogP contribution in [0.25, 0.3) is 0 Å². The van der Waals surface area contributed by atoms with E-state index < -0.39 is 0 Å². The van der Waals surface area contributed by atoms with E-state index in [1.165, 1.54) is 11.3 Å². The van der Waals surface area contributed by atoms with Crippen LogP contribution < -0.4 is 19.7 Å². The van der Waals surface area contributed by atoms with Gasteiger partial charge in [0.15, 0.2) is 11.5 Å². The van der Waals surface area contributed by atoms with E-state index in [0.29, 0.717) is 6.79 Å². The Bertz CT molecular complexity index is 611.